The minimum absolute atomic E-state index is 0.640. The standard InChI is InChI=1S/C19H20N4OS/c1-22(19(25)21-16-7-6-10-18(11-16)24-2)13-15-12-20-23(14-15)17-8-4-3-5-9-17/h3-12,14H,13H2,1-2H3,(H,21,25). The number of anilines is 1. The van der Waals surface area contributed by atoms with Gasteiger partial charge >= 0.3 is 0 Å². The third-order valence-electron chi connectivity index (χ3n) is 3.74. The number of nitrogens with one attached hydrogen (secondary N) is 1. The summed E-state index contributed by atoms with van der Waals surface area (Å²) in [5, 5.41) is 8.28. The Hall–Kier alpha value is -2.86. The molecule has 0 aliphatic heterocycles. The van der Waals surface area contributed by atoms with Crippen molar-refractivity contribution < 1.29 is 4.74 Å². The topological polar surface area (TPSA) is 42.3 Å². The van der Waals surface area contributed by atoms with Gasteiger partial charge in [-0.3, -0.25) is 0 Å². The Morgan fingerprint density at radius 3 is 2.76 bits per heavy atom. The summed E-state index contributed by atoms with van der Waals surface area (Å²) in [6.07, 6.45) is 3.87. The molecule has 0 fully saturated rings. The van der Waals surface area contributed by atoms with Gasteiger partial charge in [-0.1, -0.05) is 24.3 Å². The van der Waals surface area contributed by atoms with Gasteiger partial charge in [0.05, 0.1) is 19.0 Å². The van der Waals surface area contributed by atoms with E-state index in [2.05, 4.69) is 10.4 Å². The first-order chi connectivity index (χ1) is 12.2. The van der Waals surface area contributed by atoms with Crippen molar-refractivity contribution in [3.8, 4) is 11.4 Å². The number of ether oxygens (including phenoxy) is 1. The first kappa shape index (κ1) is 17.0. The lowest BCUT2D eigenvalue weighted by Gasteiger charge is -2.20. The fourth-order valence-electron chi connectivity index (χ4n) is 2.43. The lowest BCUT2D eigenvalue weighted by Crippen LogP contribution is -2.30. The number of rotatable bonds is 5. The second-order valence-corrected chi connectivity index (χ2v) is 6.03. The van der Waals surface area contributed by atoms with E-state index in [1.54, 1.807) is 7.11 Å². The van der Waals surface area contributed by atoms with E-state index < -0.39 is 0 Å². The maximum Gasteiger partial charge on any atom is 0.173 e. The molecule has 3 rings (SSSR count). The van der Waals surface area contributed by atoms with Crippen LogP contribution >= 0.6 is 12.2 Å². The SMILES string of the molecule is COc1cccc(NC(=S)N(C)Cc2cnn(-c3ccccc3)c2)c1. The number of thiocarbonyl (C=S) groups is 1. The molecule has 128 valence electrons. The molecule has 0 amide bonds. The van der Waals surface area contributed by atoms with Crippen LogP contribution in [0.1, 0.15) is 5.56 Å². The van der Waals surface area contributed by atoms with Crippen LogP contribution in [-0.4, -0.2) is 34.0 Å². The van der Waals surface area contributed by atoms with E-state index in [0.717, 1.165) is 22.7 Å². The molecule has 1 N–H and O–H groups in total. The first-order valence-corrected chi connectivity index (χ1v) is 8.31. The Labute approximate surface area is 152 Å². The number of hydrogen-bond acceptors (Lipinski definition) is 3. The molecule has 0 radical (unpaired) electrons. The minimum atomic E-state index is 0.640. The number of para-hydroxylation sites is 1. The van der Waals surface area contributed by atoms with Gasteiger partial charge in [-0.2, -0.15) is 5.10 Å². The largest absolute Gasteiger partial charge is 0.497 e. The average molecular weight is 352 g/mol. The molecular weight excluding hydrogens is 332 g/mol. The van der Waals surface area contributed by atoms with Crippen LogP contribution in [0, 0.1) is 0 Å². The van der Waals surface area contributed by atoms with Crippen molar-refractivity contribution in [2.45, 2.75) is 6.54 Å². The predicted molar refractivity (Wildman–Crippen MR) is 104 cm³/mol. The number of aromatic nitrogens is 2. The Balaban J connectivity index is 1.62. The molecule has 25 heavy (non-hydrogen) atoms. The van der Waals surface area contributed by atoms with Crippen LogP contribution in [0.5, 0.6) is 5.75 Å². The molecule has 6 heteroatoms. The second kappa shape index (κ2) is 7.81. The van der Waals surface area contributed by atoms with Crippen molar-refractivity contribution in [2.75, 3.05) is 19.5 Å². The highest BCUT2D eigenvalue weighted by atomic mass is 32.1. The Morgan fingerprint density at radius 1 is 1.20 bits per heavy atom. The summed E-state index contributed by atoms with van der Waals surface area (Å²) in [5.41, 5.74) is 3.02. The maximum atomic E-state index is 5.48. The van der Waals surface area contributed by atoms with E-state index >= 15 is 0 Å². The van der Waals surface area contributed by atoms with Gasteiger partial charge in [0, 0.05) is 37.1 Å². The molecule has 0 saturated heterocycles. The van der Waals surface area contributed by atoms with Crippen LogP contribution in [0.2, 0.25) is 0 Å². The Morgan fingerprint density at radius 2 is 2.00 bits per heavy atom. The summed E-state index contributed by atoms with van der Waals surface area (Å²) in [6.45, 7) is 0.669. The molecule has 0 aliphatic rings. The van der Waals surface area contributed by atoms with Crippen LogP contribution in [-0.2, 0) is 6.54 Å². The van der Waals surface area contributed by atoms with Gasteiger partial charge in [0.2, 0.25) is 0 Å². The molecule has 1 aromatic heterocycles. The van der Waals surface area contributed by atoms with Gasteiger partial charge in [0.15, 0.2) is 5.11 Å². The highest BCUT2D eigenvalue weighted by Crippen LogP contribution is 2.17. The molecule has 0 atom stereocenters. The van der Waals surface area contributed by atoms with E-state index in [9.17, 15) is 0 Å². The fourth-order valence-corrected chi connectivity index (χ4v) is 2.61. The number of hydrogen-bond donors (Lipinski definition) is 1. The van der Waals surface area contributed by atoms with Crippen molar-refractivity contribution in [3.63, 3.8) is 0 Å². The molecule has 5 nitrogen and oxygen atoms in total. The third kappa shape index (κ3) is 4.36. The number of nitrogens with zero attached hydrogens (tertiary/aromatic N) is 3. The van der Waals surface area contributed by atoms with E-state index in [0.29, 0.717) is 11.7 Å². The highest BCUT2D eigenvalue weighted by Gasteiger charge is 2.08. The molecule has 0 unspecified atom stereocenters. The average Bonchev–Trinajstić information content (AvgIpc) is 3.11. The molecular formula is C19H20N4OS. The normalized spacial score (nSPS) is 10.3. The van der Waals surface area contributed by atoms with Gasteiger partial charge < -0.3 is 15.0 Å². The third-order valence-corrected chi connectivity index (χ3v) is 4.16. The van der Waals surface area contributed by atoms with Gasteiger partial charge in [0.25, 0.3) is 0 Å². The van der Waals surface area contributed by atoms with Gasteiger partial charge in [0.1, 0.15) is 5.75 Å². The molecule has 0 bridgehead atoms. The highest BCUT2D eigenvalue weighted by molar-refractivity contribution is 7.80. The van der Waals surface area contributed by atoms with Crippen LogP contribution in [0.4, 0.5) is 5.69 Å². The molecule has 0 saturated carbocycles. The molecule has 2 aromatic carbocycles. The number of methoxy groups -OCH3 is 1. The van der Waals surface area contributed by atoms with Crippen LogP contribution in [0.15, 0.2) is 67.0 Å². The van der Waals surface area contributed by atoms with Gasteiger partial charge in [-0.25, -0.2) is 4.68 Å². The number of benzene rings is 2. The molecule has 0 aliphatic carbocycles. The van der Waals surface area contributed by atoms with E-state index in [-0.39, 0.29) is 0 Å². The molecule has 1 heterocycles. The predicted octanol–water partition coefficient (Wildman–Crippen LogP) is 3.71. The van der Waals surface area contributed by atoms with Gasteiger partial charge in [-0.05, 0) is 36.5 Å². The van der Waals surface area contributed by atoms with Crippen LogP contribution in [0.25, 0.3) is 5.69 Å². The zero-order valence-corrected chi connectivity index (χ0v) is 15.0. The lowest BCUT2D eigenvalue weighted by molar-refractivity contribution is 0.415. The lowest BCUT2D eigenvalue weighted by atomic mass is 10.3. The van der Waals surface area contributed by atoms with E-state index in [1.807, 2.05) is 83.6 Å². The van der Waals surface area contributed by atoms with Crippen molar-refractivity contribution in [1.29, 1.82) is 0 Å². The second-order valence-electron chi connectivity index (χ2n) is 5.65. The van der Waals surface area contributed by atoms with Crippen molar-refractivity contribution in [3.05, 3.63) is 72.6 Å². The quantitative estimate of drug-likeness (QED) is 0.709. The summed E-state index contributed by atoms with van der Waals surface area (Å²) >= 11 is 5.48. The zero-order chi connectivity index (χ0) is 17.6. The van der Waals surface area contributed by atoms with E-state index in [1.165, 1.54) is 0 Å². The maximum absolute atomic E-state index is 5.48. The van der Waals surface area contributed by atoms with Gasteiger partial charge in [-0.15, -0.1) is 0 Å². The summed E-state index contributed by atoms with van der Waals surface area (Å²) < 4.78 is 7.09. The summed E-state index contributed by atoms with van der Waals surface area (Å²) in [7, 11) is 3.60. The first-order valence-electron chi connectivity index (χ1n) is 7.91. The summed E-state index contributed by atoms with van der Waals surface area (Å²) in [4.78, 5) is 1.97. The van der Waals surface area contributed by atoms with E-state index in [4.69, 9.17) is 17.0 Å². The Bertz CT molecular complexity index is 847. The minimum Gasteiger partial charge on any atom is -0.497 e. The molecule has 0 spiro atoms. The summed E-state index contributed by atoms with van der Waals surface area (Å²) in [6, 6.07) is 17.7. The van der Waals surface area contributed by atoms with Crippen LogP contribution < -0.4 is 10.1 Å². The fraction of sp³-hybridized carbons (Fsp3) is 0.158. The monoisotopic (exact) mass is 352 g/mol. The summed E-state index contributed by atoms with van der Waals surface area (Å²) in [5.74, 6) is 0.791. The molecule has 3 aromatic rings. The van der Waals surface area contributed by atoms with Crippen molar-refractivity contribution >= 4 is 23.0 Å². The van der Waals surface area contributed by atoms with Crippen LogP contribution in [0.3, 0.4) is 0 Å². The smallest absolute Gasteiger partial charge is 0.173 e. The van der Waals surface area contributed by atoms with Crippen molar-refractivity contribution in [1.82, 2.24) is 14.7 Å². The van der Waals surface area contributed by atoms with Crippen molar-refractivity contribution in [2.24, 2.45) is 0 Å². The zero-order valence-electron chi connectivity index (χ0n) is 14.2. The Kier molecular flexibility index (Phi) is 5.30.